The van der Waals surface area contributed by atoms with Gasteiger partial charge in [-0.3, -0.25) is 4.98 Å². The van der Waals surface area contributed by atoms with Crippen LogP contribution in [0.3, 0.4) is 0 Å². The Kier molecular flexibility index (Phi) is 4.74. The molecule has 3 nitrogen and oxygen atoms in total. The lowest BCUT2D eigenvalue weighted by Crippen LogP contribution is -2.13. The number of rotatable bonds is 5. The highest BCUT2D eigenvalue weighted by atomic mass is 15.1. The fraction of sp³-hybridized carbons (Fsp3) is 0.353. The van der Waals surface area contributed by atoms with Crippen molar-refractivity contribution < 1.29 is 0 Å². The maximum Gasteiger partial charge on any atom is 0.0594 e. The lowest BCUT2D eigenvalue weighted by Gasteiger charge is -2.20. The van der Waals surface area contributed by atoms with Gasteiger partial charge in [0.25, 0.3) is 0 Å². The highest BCUT2D eigenvalue weighted by Crippen LogP contribution is 2.24. The molecule has 0 aliphatic heterocycles. The summed E-state index contributed by atoms with van der Waals surface area (Å²) in [5.74, 6) is 0. The van der Waals surface area contributed by atoms with Crippen LogP contribution in [0, 0.1) is 0 Å². The van der Waals surface area contributed by atoms with E-state index in [1.807, 2.05) is 12.3 Å². The van der Waals surface area contributed by atoms with Crippen LogP contribution in [0.2, 0.25) is 0 Å². The molecule has 2 rings (SSSR count). The van der Waals surface area contributed by atoms with E-state index in [1.54, 1.807) is 0 Å². The second-order valence-corrected chi connectivity index (χ2v) is 5.04. The molecule has 106 valence electrons. The Bertz CT molecular complexity index is 531. The van der Waals surface area contributed by atoms with Gasteiger partial charge < -0.3 is 10.6 Å². The number of hydrogen-bond acceptors (Lipinski definition) is 3. The number of benzene rings is 1. The third-order valence-electron chi connectivity index (χ3n) is 3.71. The van der Waals surface area contributed by atoms with Gasteiger partial charge in [-0.2, -0.15) is 0 Å². The van der Waals surface area contributed by atoms with Gasteiger partial charge in [-0.25, -0.2) is 0 Å². The number of aryl methyl sites for hydroxylation is 1. The van der Waals surface area contributed by atoms with E-state index in [0.29, 0.717) is 0 Å². The first-order chi connectivity index (χ1) is 9.65. The molecule has 1 aromatic heterocycles. The normalized spacial score (nSPS) is 12.2. The van der Waals surface area contributed by atoms with Crippen LogP contribution in [-0.2, 0) is 6.42 Å². The van der Waals surface area contributed by atoms with Crippen LogP contribution in [0.15, 0.2) is 42.6 Å². The summed E-state index contributed by atoms with van der Waals surface area (Å²) < 4.78 is 0. The molecule has 0 spiro atoms. The van der Waals surface area contributed by atoms with Gasteiger partial charge in [0, 0.05) is 18.8 Å². The van der Waals surface area contributed by atoms with Crippen molar-refractivity contribution in [1.29, 1.82) is 0 Å². The van der Waals surface area contributed by atoms with Gasteiger partial charge >= 0.3 is 0 Å². The second-order valence-electron chi connectivity index (χ2n) is 5.04. The molecule has 0 aliphatic carbocycles. The molecule has 2 N–H and O–H groups in total. The van der Waals surface area contributed by atoms with Crippen LogP contribution in [0.25, 0.3) is 0 Å². The van der Waals surface area contributed by atoms with Crippen LogP contribution >= 0.6 is 0 Å². The molecule has 1 heterocycles. The number of hydrogen-bond donors (Lipinski definition) is 1. The third-order valence-corrected chi connectivity index (χ3v) is 3.71. The number of aromatic nitrogens is 1. The van der Waals surface area contributed by atoms with Crippen LogP contribution in [0.5, 0.6) is 0 Å². The summed E-state index contributed by atoms with van der Waals surface area (Å²) in [7, 11) is 2.05. The predicted molar refractivity (Wildman–Crippen MR) is 85.3 cm³/mol. The maximum absolute atomic E-state index is 5.99. The van der Waals surface area contributed by atoms with Gasteiger partial charge in [0.15, 0.2) is 0 Å². The van der Waals surface area contributed by atoms with Crippen molar-refractivity contribution >= 4 is 11.4 Å². The summed E-state index contributed by atoms with van der Waals surface area (Å²) in [6.45, 7) is 4.24. The lowest BCUT2D eigenvalue weighted by atomic mass is 10.1. The summed E-state index contributed by atoms with van der Waals surface area (Å²) in [5, 5.41) is 0. The molecule has 0 aliphatic rings. The van der Waals surface area contributed by atoms with Crippen LogP contribution in [0.4, 0.5) is 11.4 Å². The van der Waals surface area contributed by atoms with E-state index in [0.717, 1.165) is 29.9 Å². The minimum atomic E-state index is 0.0261. The molecule has 0 bridgehead atoms. The van der Waals surface area contributed by atoms with Crippen molar-refractivity contribution in [2.24, 2.45) is 5.73 Å². The predicted octanol–water partition coefficient (Wildman–Crippen LogP) is 3.82. The van der Waals surface area contributed by atoms with E-state index in [-0.39, 0.29) is 6.04 Å². The summed E-state index contributed by atoms with van der Waals surface area (Å²) in [6.07, 6.45) is 3.86. The third kappa shape index (κ3) is 3.17. The largest absolute Gasteiger partial charge is 0.343 e. The average molecular weight is 269 g/mol. The van der Waals surface area contributed by atoms with Crippen molar-refractivity contribution in [3.05, 3.63) is 53.9 Å². The number of nitrogens with two attached hydrogens (primary N) is 1. The Morgan fingerprint density at radius 1 is 1.05 bits per heavy atom. The molecule has 1 aromatic carbocycles. The molecular formula is C17H23N3. The van der Waals surface area contributed by atoms with Crippen LogP contribution in [-0.4, -0.2) is 12.0 Å². The highest BCUT2D eigenvalue weighted by molar-refractivity contribution is 5.61. The van der Waals surface area contributed by atoms with Crippen molar-refractivity contribution in [1.82, 2.24) is 4.98 Å². The molecule has 0 fully saturated rings. The zero-order chi connectivity index (χ0) is 14.5. The van der Waals surface area contributed by atoms with Gasteiger partial charge in [-0.1, -0.05) is 26.0 Å². The van der Waals surface area contributed by atoms with Crippen LogP contribution in [0.1, 0.15) is 37.6 Å². The number of pyridine rings is 1. The van der Waals surface area contributed by atoms with Gasteiger partial charge in [0.1, 0.15) is 0 Å². The molecule has 0 saturated carbocycles. The Labute approximate surface area is 121 Å². The Hall–Kier alpha value is -1.87. The van der Waals surface area contributed by atoms with Gasteiger partial charge in [-0.15, -0.1) is 0 Å². The summed E-state index contributed by atoms with van der Waals surface area (Å²) in [6, 6.07) is 12.7. The first kappa shape index (κ1) is 14.5. The molecule has 0 amide bonds. The minimum Gasteiger partial charge on any atom is -0.343 e. The molecule has 20 heavy (non-hydrogen) atoms. The molecule has 0 unspecified atom stereocenters. The summed E-state index contributed by atoms with van der Waals surface area (Å²) in [4.78, 5) is 6.60. The monoisotopic (exact) mass is 269 g/mol. The summed E-state index contributed by atoms with van der Waals surface area (Å²) in [5.41, 5.74) is 10.5. The molecule has 0 saturated heterocycles. The fourth-order valence-electron chi connectivity index (χ4n) is 2.13. The molecule has 1 atom stereocenters. The van der Waals surface area contributed by atoms with Gasteiger partial charge in [-0.05, 0) is 42.7 Å². The van der Waals surface area contributed by atoms with E-state index in [4.69, 9.17) is 5.73 Å². The first-order valence-electron chi connectivity index (χ1n) is 7.19. The smallest absolute Gasteiger partial charge is 0.0594 e. The molecular weight excluding hydrogens is 246 g/mol. The van der Waals surface area contributed by atoms with Crippen molar-refractivity contribution in [2.45, 2.75) is 32.7 Å². The fourth-order valence-corrected chi connectivity index (χ4v) is 2.13. The quantitative estimate of drug-likeness (QED) is 0.897. The Morgan fingerprint density at radius 2 is 1.70 bits per heavy atom. The average Bonchev–Trinajstić information content (AvgIpc) is 2.53. The van der Waals surface area contributed by atoms with E-state index in [1.165, 1.54) is 5.56 Å². The zero-order valence-corrected chi connectivity index (χ0v) is 12.5. The lowest BCUT2D eigenvalue weighted by molar-refractivity contribution is 0.675. The number of anilines is 2. The van der Waals surface area contributed by atoms with Crippen molar-refractivity contribution in [2.75, 3.05) is 11.9 Å². The van der Waals surface area contributed by atoms with E-state index in [2.05, 4.69) is 61.1 Å². The van der Waals surface area contributed by atoms with Crippen molar-refractivity contribution in [3.8, 4) is 0 Å². The van der Waals surface area contributed by atoms with E-state index >= 15 is 0 Å². The standard InChI is InChI=1S/C17H23N3/c1-4-13-6-8-14(9-7-13)20(3)15-10-11-17(19-12-15)16(18)5-2/h6-12,16H,4-5,18H2,1-3H3/t16-/m1/s1. The Balaban J connectivity index is 2.17. The number of nitrogens with zero attached hydrogens (tertiary/aromatic N) is 2. The van der Waals surface area contributed by atoms with E-state index < -0.39 is 0 Å². The van der Waals surface area contributed by atoms with Crippen molar-refractivity contribution in [3.63, 3.8) is 0 Å². The molecule has 0 radical (unpaired) electrons. The highest BCUT2D eigenvalue weighted by Gasteiger charge is 2.07. The maximum atomic E-state index is 5.99. The summed E-state index contributed by atoms with van der Waals surface area (Å²) >= 11 is 0. The van der Waals surface area contributed by atoms with Gasteiger partial charge in [0.05, 0.1) is 17.6 Å². The zero-order valence-electron chi connectivity index (χ0n) is 12.5. The van der Waals surface area contributed by atoms with Crippen LogP contribution < -0.4 is 10.6 Å². The topological polar surface area (TPSA) is 42.1 Å². The SMILES string of the molecule is CCc1ccc(N(C)c2ccc([C@H](N)CC)nc2)cc1. The first-order valence-corrected chi connectivity index (χ1v) is 7.19. The molecule has 3 heteroatoms. The van der Waals surface area contributed by atoms with E-state index in [9.17, 15) is 0 Å². The van der Waals surface area contributed by atoms with Gasteiger partial charge in [0.2, 0.25) is 0 Å². The second kappa shape index (κ2) is 6.53. The minimum absolute atomic E-state index is 0.0261. The molecule has 2 aromatic rings. The Morgan fingerprint density at radius 3 is 2.20 bits per heavy atom.